The van der Waals surface area contributed by atoms with Gasteiger partial charge in [0.1, 0.15) is 6.10 Å². The topological polar surface area (TPSA) is 117 Å². The van der Waals surface area contributed by atoms with Gasteiger partial charge in [0.05, 0.1) is 19.8 Å². The van der Waals surface area contributed by atoms with E-state index in [0.29, 0.717) is 13.0 Å². The van der Waals surface area contributed by atoms with Crippen molar-refractivity contribution in [1.82, 2.24) is 0 Å². The lowest BCUT2D eigenvalue weighted by Crippen LogP contribution is -2.28. The van der Waals surface area contributed by atoms with Gasteiger partial charge in [-0.25, -0.2) is 4.57 Å². The normalized spacial score (nSPS) is 14.3. The molecule has 0 saturated heterocycles. The van der Waals surface area contributed by atoms with E-state index in [2.05, 4.69) is 111 Å². The highest BCUT2D eigenvalue weighted by atomic mass is 31.2. The Hall–Kier alpha value is -2.58. The van der Waals surface area contributed by atoms with Crippen LogP contribution in [0.4, 0.5) is 0 Å². The number of nitrogens with two attached hydrogens (primary N) is 1. The number of esters is 1. The molecule has 0 saturated carbocycles. The molecule has 0 aromatic carbocycles. The molecule has 9 heteroatoms. The first-order valence-electron chi connectivity index (χ1n) is 23.2. The van der Waals surface area contributed by atoms with Crippen molar-refractivity contribution in [2.75, 3.05) is 33.0 Å². The summed E-state index contributed by atoms with van der Waals surface area (Å²) in [4.78, 5) is 22.5. The quantitative estimate of drug-likeness (QED) is 0.0270. The minimum absolute atomic E-state index is 0.0770. The summed E-state index contributed by atoms with van der Waals surface area (Å²) in [5, 5.41) is 0. The average Bonchev–Trinajstić information content (AvgIpc) is 3.23. The van der Waals surface area contributed by atoms with Gasteiger partial charge >= 0.3 is 13.8 Å². The lowest BCUT2D eigenvalue weighted by atomic mass is 10.1. The fourth-order valence-electron chi connectivity index (χ4n) is 5.85. The van der Waals surface area contributed by atoms with Crippen LogP contribution in [0.5, 0.6) is 0 Å². The molecule has 0 heterocycles. The molecule has 3 N–H and O–H groups in total. The summed E-state index contributed by atoms with van der Waals surface area (Å²) < 4.78 is 33.4. The molecule has 0 aromatic rings. The summed E-state index contributed by atoms with van der Waals surface area (Å²) in [6.07, 6.45) is 61.5. The first-order chi connectivity index (χ1) is 28.9. The summed E-state index contributed by atoms with van der Waals surface area (Å²) in [7, 11) is -4.30. The van der Waals surface area contributed by atoms with E-state index in [1.165, 1.54) is 57.8 Å². The highest BCUT2D eigenvalue weighted by Crippen LogP contribution is 2.43. The molecule has 0 fully saturated rings. The van der Waals surface area contributed by atoms with Crippen molar-refractivity contribution in [2.45, 2.75) is 180 Å². The van der Waals surface area contributed by atoms with E-state index in [1.54, 1.807) is 0 Å². The van der Waals surface area contributed by atoms with Crippen molar-refractivity contribution in [3.8, 4) is 0 Å². The number of ether oxygens (including phenoxy) is 2. The fourth-order valence-corrected chi connectivity index (χ4v) is 6.62. The molecule has 0 radical (unpaired) electrons. The monoisotopic (exact) mass is 844 g/mol. The molecule has 8 nitrogen and oxygen atoms in total. The highest BCUT2D eigenvalue weighted by Gasteiger charge is 2.25. The Morgan fingerprint density at radius 3 is 1.44 bits per heavy atom. The third-order valence-corrected chi connectivity index (χ3v) is 10.2. The van der Waals surface area contributed by atoms with Crippen molar-refractivity contribution in [1.29, 1.82) is 0 Å². The molecule has 0 rings (SSSR count). The number of phosphoric acid groups is 1. The van der Waals surface area contributed by atoms with E-state index in [9.17, 15) is 14.3 Å². The van der Waals surface area contributed by atoms with Crippen LogP contribution in [-0.4, -0.2) is 49.9 Å². The summed E-state index contributed by atoms with van der Waals surface area (Å²) in [6, 6.07) is 0. The Balaban J connectivity index is 4.14. The summed E-state index contributed by atoms with van der Waals surface area (Å²) in [5.74, 6) is -0.358. The Bertz CT molecular complexity index is 1220. The molecule has 0 amide bonds. The maximum absolute atomic E-state index is 12.6. The van der Waals surface area contributed by atoms with Crippen LogP contribution in [0.1, 0.15) is 174 Å². The molecule has 2 atom stereocenters. The zero-order valence-corrected chi connectivity index (χ0v) is 38.3. The summed E-state index contributed by atoms with van der Waals surface area (Å²) in [5.41, 5.74) is 5.37. The number of unbranched alkanes of at least 4 members (excludes halogenated alkanes) is 14. The van der Waals surface area contributed by atoms with Crippen LogP contribution in [0.25, 0.3) is 0 Å². The molecule has 59 heavy (non-hydrogen) atoms. The molecule has 0 aromatic heterocycles. The zero-order valence-electron chi connectivity index (χ0n) is 37.4. The molecule has 0 aliphatic rings. The van der Waals surface area contributed by atoms with Gasteiger partial charge in [-0.3, -0.25) is 13.8 Å². The maximum atomic E-state index is 12.6. The maximum Gasteiger partial charge on any atom is 0.472 e. The van der Waals surface area contributed by atoms with Crippen LogP contribution < -0.4 is 5.73 Å². The minimum Gasteiger partial charge on any atom is -0.457 e. The standard InChI is InChI=1S/C50H86NO7P/c1-3-5-7-9-11-13-15-17-19-21-22-23-24-25-26-27-28-30-32-34-36-38-40-42-45-55-47-49(48-57-59(53,54)56-46-44-51)58-50(52)43-41-39-37-35-33-31-29-20-18-16-14-12-10-8-6-4-2/h5,7,11,13,17,19-20,22-23,25-26,28-30,34,36,49H,3-4,6,8-10,12,14-16,18,21,24,27,31-33,35,37-48,51H2,1-2H3,(H,53,54)/b7-5-,13-11-,19-17-,23-22-,26-25-,29-20-,30-28-,36-34-. The molecule has 2 unspecified atom stereocenters. The zero-order chi connectivity index (χ0) is 43.0. The van der Waals surface area contributed by atoms with E-state index in [-0.39, 0.29) is 32.3 Å². The lowest BCUT2D eigenvalue weighted by molar-refractivity contribution is -0.154. The molecule has 338 valence electrons. The predicted molar refractivity (Wildman–Crippen MR) is 251 cm³/mol. The third-order valence-electron chi connectivity index (χ3n) is 9.24. The van der Waals surface area contributed by atoms with E-state index in [1.807, 2.05) is 0 Å². The van der Waals surface area contributed by atoms with Crippen LogP contribution in [0.2, 0.25) is 0 Å². The van der Waals surface area contributed by atoms with Gasteiger partial charge in [0.2, 0.25) is 0 Å². The second kappa shape index (κ2) is 46.5. The second-order valence-corrected chi connectivity index (χ2v) is 16.3. The van der Waals surface area contributed by atoms with Crippen molar-refractivity contribution >= 4 is 13.8 Å². The van der Waals surface area contributed by atoms with Crippen molar-refractivity contribution in [3.63, 3.8) is 0 Å². The Morgan fingerprint density at radius 2 is 0.949 bits per heavy atom. The van der Waals surface area contributed by atoms with Crippen LogP contribution in [0, 0.1) is 0 Å². The number of phosphoric ester groups is 1. The first-order valence-corrected chi connectivity index (χ1v) is 24.7. The molecule has 0 bridgehead atoms. The lowest BCUT2D eigenvalue weighted by Gasteiger charge is -2.20. The van der Waals surface area contributed by atoms with Crippen molar-refractivity contribution in [2.24, 2.45) is 5.73 Å². The molecule has 0 aliphatic heterocycles. The van der Waals surface area contributed by atoms with Crippen molar-refractivity contribution in [3.05, 3.63) is 97.2 Å². The van der Waals surface area contributed by atoms with E-state index < -0.39 is 13.9 Å². The number of carbonyl (C=O) groups excluding carboxylic acids is 1. The van der Waals surface area contributed by atoms with Gasteiger partial charge < -0.3 is 20.1 Å². The van der Waals surface area contributed by atoms with E-state index in [4.69, 9.17) is 24.3 Å². The molecule has 0 spiro atoms. The fraction of sp³-hybridized carbons (Fsp3) is 0.660. The SMILES string of the molecule is CC/C=C\C/C=C\C/C=C\C/C=C\C/C=C\C/C=C\C/C=C\CCCCOCC(COP(=O)(O)OCCN)OC(=O)CCCCCCC/C=C\CCCCCCCCC. The van der Waals surface area contributed by atoms with E-state index >= 15 is 0 Å². The Labute approximate surface area is 361 Å². The van der Waals surface area contributed by atoms with Crippen molar-refractivity contribution < 1.29 is 32.8 Å². The van der Waals surface area contributed by atoms with Gasteiger partial charge in [0.15, 0.2) is 0 Å². The van der Waals surface area contributed by atoms with Gasteiger partial charge in [0.25, 0.3) is 0 Å². The largest absolute Gasteiger partial charge is 0.472 e. The molecular formula is C50H86NO7P. The second-order valence-electron chi connectivity index (χ2n) is 14.9. The summed E-state index contributed by atoms with van der Waals surface area (Å²) >= 11 is 0. The van der Waals surface area contributed by atoms with Crippen LogP contribution in [0.15, 0.2) is 97.2 Å². The predicted octanol–water partition coefficient (Wildman–Crippen LogP) is 14.2. The number of carbonyl (C=O) groups is 1. The molecular weight excluding hydrogens is 758 g/mol. The number of hydrogen-bond donors (Lipinski definition) is 2. The van der Waals surface area contributed by atoms with Crippen LogP contribution in [0.3, 0.4) is 0 Å². The number of rotatable bonds is 43. The minimum atomic E-state index is -4.30. The Morgan fingerprint density at radius 1 is 0.525 bits per heavy atom. The van der Waals surface area contributed by atoms with Crippen LogP contribution in [-0.2, 0) is 27.9 Å². The van der Waals surface area contributed by atoms with Gasteiger partial charge in [-0.1, -0.05) is 169 Å². The first kappa shape index (κ1) is 56.4. The van der Waals surface area contributed by atoms with Gasteiger partial charge in [-0.2, -0.15) is 0 Å². The van der Waals surface area contributed by atoms with Crippen LogP contribution >= 0.6 is 7.82 Å². The average molecular weight is 844 g/mol. The number of allylic oxidation sites excluding steroid dienone is 16. The number of hydrogen-bond acceptors (Lipinski definition) is 7. The van der Waals surface area contributed by atoms with Gasteiger partial charge in [0, 0.05) is 19.6 Å². The van der Waals surface area contributed by atoms with Gasteiger partial charge in [-0.05, 0) is 96.3 Å². The van der Waals surface area contributed by atoms with Gasteiger partial charge in [-0.15, -0.1) is 0 Å². The smallest absolute Gasteiger partial charge is 0.457 e. The summed E-state index contributed by atoms with van der Waals surface area (Å²) in [6.45, 7) is 4.66. The third kappa shape index (κ3) is 46.3. The highest BCUT2D eigenvalue weighted by molar-refractivity contribution is 7.47. The Kier molecular flexibility index (Phi) is 44.5. The molecule has 0 aliphatic carbocycles. The van der Waals surface area contributed by atoms with E-state index in [0.717, 1.165) is 96.3 Å².